The van der Waals surface area contributed by atoms with Crippen LogP contribution < -0.4 is 0 Å². The van der Waals surface area contributed by atoms with Crippen molar-refractivity contribution in [3.05, 3.63) is 53.8 Å². The first-order valence-corrected chi connectivity index (χ1v) is 5.29. The van der Waals surface area contributed by atoms with Gasteiger partial charge in [0, 0.05) is 5.56 Å². The molecule has 2 aromatic carbocycles. The monoisotopic (exact) mass is 246 g/mol. The van der Waals surface area contributed by atoms with Gasteiger partial charge in [-0.05, 0) is 30.3 Å². The molecule has 0 heterocycles. The predicted molar refractivity (Wildman–Crippen MR) is 64.6 cm³/mol. The zero-order valence-corrected chi connectivity index (χ0v) is 9.42. The second kappa shape index (κ2) is 5.37. The molecule has 18 heavy (non-hydrogen) atoms. The van der Waals surface area contributed by atoms with Gasteiger partial charge in [0.2, 0.25) is 0 Å². The van der Waals surface area contributed by atoms with Crippen molar-refractivity contribution in [2.45, 2.75) is 6.61 Å². The highest BCUT2D eigenvalue weighted by atomic mass is 19.1. The molecule has 0 saturated heterocycles. The Morgan fingerprint density at radius 1 is 1.06 bits per heavy atom. The van der Waals surface area contributed by atoms with Gasteiger partial charge in [-0.1, -0.05) is 12.1 Å². The molecule has 5 heteroatoms. The first kappa shape index (κ1) is 12.2. The van der Waals surface area contributed by atoms with Gasteiger partial charge in [-0.25, -0.2) is 4.39 Å². The number of hydrogen-bond donors (Lipinski definition) is 2. The van der Waals surface area contributed by atoms with Crippen LogP contribution in [-0.2, 0) is 6.61 Å². The van der Waals surface area contributed by atoms with Gasteiger partial charge >= 0.3 is 0 Å². The second-order valence-corrected chi connectivity index (χ2v) is 3.62. The number of rotatable bonds is 3. The minimum absolute atomic E-state index is 0.0117. The van der Waals surface area contributed by atoms with Crippen LogP contribution in [0.3, 0.4) is 0 Å². The Labute approximate surface area is 103 Å². The van der Waals surface area contributed by atoms with E-state index in [1.807, 2.05) is 0 Å². The van der Waals surface area contributed by atoms with Crippen molar-refractivity contribution in [3.63, 3.8) is 0 Å². The number of phenols is 1. The smallest absolute Gasteiger partial charge is 0.150 e. The van der Waals surface area contributed by atoms with Gasteiger partial charge in [-0.3, -0.25) is 0 Å². The minimum atomic E-state index is -0.456. The van der Waals surface area contributed by atoms with Gasteiger partial charge in [0.05, 0.1) is 12.3 Å². The first-order valence-electron chi connectivity index (χ1n) is 5.29. The van der Waals surface area contributed by atoms with Gasteiger partial charge < -0.3 is 10.2 Å². The maximum absolute atomic E-state index is 13.3. The van der Waals surface area contributed by atoms with E-state index in [-0.39, 0.29) is 18.0 Å². The molecule has 0 saturated carbocycles. The van der Waals surface area contributed by atoms with Gasteiger partial charge in [-0.2, -0.15) is 5.11 Å². The lowest BCUT2D eigenvalue weighted by molar-refractivity contribution is 0.275. The molecule has 0 aliphatic rings. The number of halogens is 1. The number of aliphatic hydroxyl groups is 1. The highest BCUT2D eigenvalue weighted by Gasteiger charge is 2.02. The summed E-state index contributed by atoms with van der Waals surface area (Å²) in [6.07, 6.45) is 0. The predicted octanol–water partition coefficient (Wildman–Crippen LogP) is 3.44. The lowest BCUT2D eigenvalue weighted by atomic mass is 10.2. The van der Waals surface area contributed by atoms with E-state index in [2.05, 4.69) is 10.2 Å². The minimum Gasteiger partial charge on any atom is -0.508 e. The molecule has 0 amide bonds. The van der Waals surface area contributed by atoms with Crippen molar-refractivity contribution in [2.75, 3.05) is 0 Å². The fraction of sp³-hybridized carbons (Fsp3) is 0.0769. The van der Waals surface area contributed by atoms with E-state index in [0.717, 1.165) is 0 Å². The van der Waals surface area contributed by atoms with Crippen LogP contribution in [0.5, 0.6) is 5.75 Å². The van der Waals surface area contributed by atoms with E-state index in [4.69, 9.17) is 5.11 Å². The van der Waals surface area contributed by atoms with Crippen molar-refractivity contribution in [1.29, 1.82) is 0 Å². The van der Waals surface area contributed by atoms with Crippen LogP contribution in [0, 0.1) is 5.82 Å². The van der Waals surface area contributed by atoms with E-state index < -0.39 is 5.82 Å². The summed E-state index contributed by atoms with van der Waals surface area (Å²) in [6.45, 7) is -0.297. The third-order valence-electron chi connectivity index (χ3n) is 2.36. The average molecular weight is 246 g/mol. The fourth-order valence-corrected chi connectivity index (χ4v) is 1.41. The second-order valence-electron chi connectivity index (χ2n) is 3.62. The maximum Gasteiger partial charge on any atom is 0.150 e. The van der Waals surface area contributed by atoms with E-state index in [1.54, 1.807) is 12.1 Å². The Morgan fingerprint density at radius 3 is 2.56 bits per heavy atom. The van der Waals surface area contributed by atoms with E-state index in [1.165, 1.54) is 30.3 Å². The molecule has 92 valence electrons. The molecule has 0 aliphatic heterocycles. The van der Waals surface area contributed by atoms with Crippen molar-refractivity contribution in [3.8, 4) is 5.75 Å². The van der Waals surface area contributed by atoms with Gasteiger partial charge in [-0.15, -0.1) is 5.11 Å². The molecule has 0 atom stereocenters. The molecule has 2 N–H and O–H groups in total. The quantitative estimate of drug-likeness (QED) is 0.815. The molecule has 0 aliphatic carbocycles. The maximum atomic E-state index is 13.3. The number of azo groups is 1. The number of aliphatic hydroxyl groups excluding tert-OH is 1. The zero-order chi connectivity index (χ0) is 13.0. The third-order valence-corrected chi connectivity index (χ3v) is 2.36. The largest absolute Gasteiger partial charge is 0.508 e. The first-order chi connectivity index (χ1) is 8.70. The van der Waals surface area contributed by atoms with Gasteiger partial charge in [0.1, 0.15) is 11.4 Å². The lowest BCUT2D eigenvalue weighted by Gasteiger charge is -2.01. The number of aromatic hydroxyl groups is 1. The van der Waals surface area contributed by atoms with E-state index in [9.17, 15) is 9.50 Å². The molecule has 2 rings (SSSR count). The lowest BCUT2D eigenvalue weighted by Crippen LogP contribution is -1.82. The fourth-order valence-electron chi connectivity index (χ4n) is 1.41. The Balaban J connectivity index is 2.27. The standard InChI is InChI=1S/C13H11FN2O2/c14-11-3-1-2-4-12(11)16-15-10-5-6-13(18)9(7-10)8-17/h1-7,17-18H,8H2. The molecule has 0 aromatic heterocycles. The summed E-state index contributed by atoms with van der Waals surface area (Å²) in [5.41, 5.74) is 0.913. The summed E-state index contributed by atoms with van der Waals surface area (Å²) in [4.78, 5) is 0. The summed E-state index contributed by atoms with van der Waals surface area (Å²) in [6, 6.07) is 10.4. The Kier molecular flexibility index (Phi) is 3.64. The molecule has 0 fully saturated rings. The molecule has 0 spiro atoms. The number of nitrogens with zero attached hydrogens (tertiary/aromatic N) is 2. The van der Waals surface area contributed by atoms with Crippen molar-refractivity contribution < 1.29 is 14.6 Å². The Morgan fingerprint density at radius 2 is 1.83 bits per heavy atom. The van der Waals surface area contributed by atoms with Crippen LogP contribution in [0.1, 0.15) is 5.56 Å². The molecule has 0 radical (unpaired) electrons. The molecular weight excluding hydrogens is 235 g/mol. The van der Waals surface area contributed by atoms with Crippen LogP contribution in [0.15, 0.2) is 52.7 Å². The number of hydrogen-bond acceptors (Lipinski definition) is 4. The van der Waals surface area contributed by atoms with Crippen LogP contribution in [0.4, 0.5) is 15.8 Å². The van der Waals surface area contributed by atoms with Crippen LogP contribution in [0.2, 0.25) is 0 Å². The van der Waals surface area contributed by atoms with E-state index >= 15 is 0 Å². The summed E-state index contributed by atoms with van der Waals surface area (Å²) in [5.74, 6) is -0.468. The third kappa shape index (κ3) is 2.70. The van der Waals surface area contributed by atoms with Crippen molar-refractivity contribution in [1.82, 2.24) is 0 Å². The van der Waals surface area contributed by atoms with Crippen molar-refractivity contribution >= 4 is 11.4 Å². The molecule has 0 unspecified atom stereocenters. The summed E-state index contributed by atoms with van der Waals surface area (Å²) in [5, 5.41) is 26.0. The highest BCUT2D eigenvalue weighted by molar-refractivity contribution is 5.47. The average Bonchev–Trinajstić information content (AvgIpc) is 2.39. The summed E-state index contributed by atoms with van der Waals surface area (Å²) < 4.78 is 13.3. The summed E-state index contributed by atoms with van der Waals surface area (Å²) in [7, 11) is 0. The highest BCUT2D eigenvalue weighted by Crippen LogP contribution is 2.25. The van der Waals surface area contributed by atoms with Crippen LogP contribution in [0.25, 0.3) is 0 Å². The Bertz CT molecular complexity index is 585. The van der Waals surface area contributed by atoms with Gasteiger partial charge in [0.15, 0.2) is 5.82 Å². The van der Waals surface area contributed by atoms with Crippen LogP contribution >= 0.6 is 0 Å². The SMILES string of the molecule is OCc1cc(N=Nc2ccccc2F)ccc1O. The van der Waals surface area contributed by atoms with E-state index in [0.29, 0.717) is 11.3 Å². The van der Waals surface area contributed by atoms with Gasteiger partial charge in [0.25, 0.3) is 0 Å². The number of benzene rings is 2. The zero-order valence-electron chi connectivity index (χ0n) is 9.42. The molecular formula is C13H11FN2O2. The van der Waals surface area contributed by atoms with Crippen molar-refractivity contribution in [2.24, 2.45) is 10.2 Å². The normalized spacial score (nSPS) is 11.0. The molecule has 4 nitrogen and oxygen atoms in total. The molecule has 0 bridgehead atoms. The Hall–Kier alpha value is -2.27. The topological polar surface area (TPSA) is 65.2 Å². The molecule has 2 aromatic rings. The van der Waals surface area contributed by atoms with Crippen LogP contribution in [-0.4, -0.2) is 10.2 Å². The summed E-state index contributed by atoms with van der Waals surface area (Å²) >= 11 is 0.